The van der Waals surface area contributed by atoms with Gasteiger partial charge in [-0.3, -0.25) is 0 Å². The van der Waals surface area contributed by atoms with Gasteiger partial charge in [0, 0.05) is 21.9 Å². The summed E-state index contributed by atoms with van der Waals surface area (Å²) in [5.74, 6) is 0.496. The summed E-state index contributed by atoms with van der Waals surface area (Å²) in [5, 5.41) is 13.2. The van der Waals surface area contributed by atoms with Gasteiger partial charge in [0.05, 0.1) is 5.56 Å². The van der Waals surface area contributed by atoms with Crippen LogP contribution in [0.1, 0.15) is 11.1 Å². The molecule has 0 aliphatic heterocycles. The van der Waals surface area contributed by atoms with Crippen LogP contribution in [-0.4, -0.2) is 4.98 Å². The van der Waals surface area contributed by atoms with E-state index >= 15 is 0 Å². The average molecular weight is 278 g/mol. The van der Waals surface area contributed by atoms with Crippen LogP contribution in [0.15, 0.2) is 30.5 Å². The van der Waals surface area contributed by atoms with Gasteiger partial charge in [0.1, 0.15) is 11.9 Å². The first-order valence-electron chi connectivity index (χ1n) is 5.19. The van der Waals surface area contributed by atoms with Gasteiger partial charge < -0.3 is 5.32 Å². The molecule has 2 rings (SSSR count). The summed E-state index contributed by atoms with van der Waals surface area (Å²) in [6, 6.07) is 8.99. The van der Waals surface area contributed by atoms with Crippen molar-refractivity contribution in [2.45, 2.75) is 6.92 Å². The third-order valence-electron chi connectivity index (χ3n) is 2.40. The Labute approximate surface area is 115 Å². The predicted molar refractivity (Wildman–Crippen MR) is 73.4 cm³/mol. The van der Waals surface area contributed by atoms with E-state index in [0.717, 1.165) is 5.56 Å². The average Bonchev–Trinajstić information content (AvgIpc) is 2.27. The summed E-state index contributed by atoms with van der Waals surface area (Å²) in [7, 11) is 0. The van der Waals surface area contributed by atoms with Crippen molar-refractivity contribution >= 4 is 34.7 Å². The number of aromatic nitrogens is 1. The number of benzene rings is 1. The Morgan fingerprint density at radius 1 is 1.22 bits per heavy atom. The zero-order chi connectivity index (χ0) is 13.1. The molecule has 3 nitrogen and oxygen atoms in total. The van der Waals surface area contributed by atoms with Crippen molar-refractivity contribution in [3.63, 3.8) is 0 Å². The van der Waals surface area contributed by atoms with Gasteiger partial charge in [-0.25, -0.2) is 4.98 Å². The van der Waals surface area contributed by atoms with Crippen molar-refractivity contribution in [3.05, 3.63) is 51.6 Å². The third-order valence-corrected chi connectivity index (χ3v) is 2.83. The Kier molecular flexibility index (Phi) is 3.71. The quantitative estimate of drug-likeness (QED) is 0.890. The molecule has 0 aliphatic carbocycles. The molecule has 0 radical (unpaired) electrons. The molecule has 1 aromatic heterocycles. The molecule has 5 heteroatoms. The Morgan fingerprint density at radius 3 is 2.50 bits per heavy atom. The maximum Gasteiger partial charge on any atom is 0.148 e. The lowest BCUT2D eigenvalue weighted by Gasteiger charge is -2.09. The van der Waals surface area contributed by atoms with Gasteiger partial charge in [-0.05, 0) is 36.8 Å². The van der Waals surface area contributed by atoms with Gasteiger partial charge >= 0.3 is 0 Å². The minimum absolute atomic E-state index is 0.496. The van der Waals surface area contributed by atoms with Gasteiger partial charge in [0.2, 0.25) is 0 Å². The number of hydrogen-bond donors (Lipinski definition) is 1. The molecule has 0 bridgehead atoms. The van der Waals surface area contributed by atoms with Crippen molar-refractivity contribution in [3.8, 4) is 6.07 Å². The number of pyridine rings is 1. The molecule has 90 valence electrons. The zero-order valence-corrected chi connectivity index (χ0v) is 11.0. The van der Waals surface area contributed by atoms with Crippen LogP contribution in [0.3, 0.4) is 0 Å². The number of nitrogens with one attached hydrogen (secondary N) is 1. The monoisotopic (exact) mass is 277 g/mol. The van der Waals surface area contributed by atoms with E-state index in [1.165, 1.54) is 0 Å². The maximum absolute atomic E-state index is 9.10. The molecule has 0 saturated carbocycles. The molecule has 18 heavy (non-hydrogen) atoms. The van der Waals surface area contributed by atoms with E-state index in [4.69, 9.17) is 28.5 Å². The third kappa shape index (κ3) is 2.73. The number of nitrogens with zero attached hydrogens (tertiary/aromatic N) is 2. The van der Waals surface area contributed by atoms with E-state index < -0.39 is 0 Å². The second kappa shape index (κ2) is 5.26. The van der Waals surface area contributed by atoms with Crippen LogP contribution in [0.4, 0.5) is 11.5 Å². The molecule has 2 aromatic rings. The van der Waals surface area contributed by atoms with E-state index in [1.54, 1.807) is 30.5 Å². The van der Waals surface area contributed by atoms with Gasteiger partial charge in [-0.15, -0.1) is 0 Å². The Balaban J connectivity index is 2.40. The summed E-state index contributed by atoms with van der Waals surface area (Å²) < 4.78 is 0. The summed E-state index contributed by atoms with van der Waals surface area (Å²) in [6.45, 7) is 1.86. The van der Waals surface area contributed by atoms with E-state index in [9.17, 15) is 0 Å². The van der Waals surface area contributed by atoms with Crippen molar-refractivity contribution < 1.29 is 0 Å². The number of hydrogen-bond acceptors (Lipinski definition) is 3. The fourth-order valence-corrected chi connectivity index (χ4v) is 2.08. The number of aryl methyl sites for hydroxylation is 1. The van der Waals surface area contributed by atoms with Crippen LogP contribution in [0.2, 0.25) is 10.0 Å². The van der Waals surface area contributed by atoms with Crippen molar-refractivity contribution in [2.75, 3.05) is 5.32 Å². The molecule has 1 aromatic carbocycles. The zero-order valence-electron chi connectivity index (χ0n) is 9.54. The molecule has 0 saturated heterocycles. The lowest BCUT2D eigenvalue weighted by molar-refractivity contribution is 1.24. The van der Waals surface area contributed by atoms with Crippen LogP contribution in [0.25, 0.3) is 0 Å². The number of rotatable bonds is 2. The highest BCUT2D eigenvalue weighted by atomic mass is 35.5. The summed E-state index contributed by atoms with van der Waals surface area (Å²) in [6.07, 6.45) is 1.64. The number of nitriles is 1. The van der Waals surface area contributed by atoms with E-state index in [-0.39, 0.29) is 0 Å². The standard InChI is InChI=1S/C13H9Cl2N3/c1-8-2-3-17-13(12(8)7-16)18-11-5-9(14)4-10(15)6-11/h2-6H,1H3,(H,17,18). The molecular weight excluding hydrogens is 269 g/mol. The minimum Gasteiger partial charge on any atom is -0.339 e. The maximum atomic E-state index is 9.10. The van der Waals surface area contributed by atoms with Crippen LogP contribution in [0, 0.1) is 18.3 Å². The largest absolute Gasteiger partial charge is 0.339 e. The highest BCUT2D eigenvalue weighted by Crippen LogP contribution is 2.26. The summed E-state index contributed by atoms with van der Waals surface area (Å²) in [5.41, 5.74) is 2.07. The fraction of sp³-hybridized carbons (Fsp3) is 0.0769. The van der Waals surface area contributed by atoms with Crippen LogP contribution >= 0.6 is 23.2 Å². The minimum atomic E-state index is 0.496. The van der Waals surface area contributed by atoms with Crippen LogP contribution in [-0.2, 0) is 0 Å². The topological polar surface area (TPSA) is 48.7 Å². The first-order chi connectivity index (χ1) is 8.60. The van der Waals surface area contributed by atoms with Crippen molar-refractivity contribution in [1.82, 2.24) is 4.98 Å². The summed E-state index contributed by atoms with van der Waals surface area (Å²) in [4.78, 5) is 4.15. The van der Waals surface area contributed by atoms with Gasteiger partial charge in [0.15, 0.2) is 0 Å². The normalized spacial score (nSPS) is 9.89. The SMILES string of the molecule is Cc1ccnc(Nc2cc(Cl)cc(Cl)c2)c1C#N. The molecule has 0 aliphatic rings. The second-order valence-corrected chi connectivity index (χ2v) is 4.62. The van der Waals surface area contributed by atoms with Crippen molar-refractivity contribution in [2.24, 2.45) is 0 Å². The lowest BCUT2D eigenvalue weighted by atomic mass is 10.1. The number of anilines is 2. The molecule has 0 fully saturated rings. The fourth-order valence-electron chi connectivity index (χ4n) is 1.56. The Bertz CT molecular complexity index is 612. The smallest absolute Gasteiger partial charge is 0.148 e. The molecular formula is C13H9Cl2N3. The van der Waals surface area contributed by atoms with Crippen LogP contribution in [0.5, 0.6) is 0 Å². The van der Waals surface area contributed by atoms with E-state index in [2.05, 4.69) is 16.4 Å². The van der Waals surface area contributed by atoms with Crippen LogP contribution < -0.4 is 5.32 Å². The molecule has 0 atom stereocenters. The Hall–Kier alpha value is -1.76. The highest BCUT2D eigenvalue weighted by molar-refractivity contribution is 6.35. The molecule has 0 amide bonds. The number of halogens is 2. The predicted octanol–water partition coefficient (Wildman–Crippen LogP) is 4.31. The Morgan fingerprint density at radius 2 is 1.89 bits per heavy atom. The molecule has 0 unspecified atom stereocenters. The second-order valence-electron chi connectivity index (χ2n) is 3.75. The first kappa shape index (κ1) is 12.7. The van der Waals surface area contributed by atoms with E-state index in [0.29, 0.717) is 27.1 Å². The highest BCUT2D eigenvalue weighted by Gasteiger charge is 2.07. The molecule has 0 spiro atoms. The van der Waals surface area contributed by atoms with Gasteiger partial charge in [-0.1, -0.05) is 23.2 Å². The van der Waals surface area contributed by atoms with Gasteiger partial charge in [0.25, 0.3) is 0 Å². The molecule has 1 N–H and O–H groups in total. The first-order valence-corrected chi connectivity index (χ1v) is 5.94. The van der Waals surface area contributed by atoms with Gasteiger partial charge in [-0.2, -0.15) is 5.26 Å². The van der Waals surface area contributed by atoms with E-state index in [1.807, 2.05) is 6.92 Å². The molecule has 1 heterocycles. The lowest BCUT2D eigenvalue weighted by Crippen LogP contribution is -1.98. The summed E-state index contributed by atoms with van der Waals surface area (Å²) >= 11 is 11.8. The van der Waals surface area contributed by atoms with Crippen molar-refractivity contribution in [1.29, 1.82) is 5.26 Å².